The van der Waals surface area contributed by atoms with Crippen LogP contribution in [0.4, 0.5) is 0 Å². The fourth-order valence-corrected chi connectivity index (χ4v) is 3.43. The summed E-state index contributed by atoms with van der Waals surface area (Å²) in [6.45, 7) is 3.02. The number of rotatable bonds is 9. The predicted octanol–water partition coefficient (Wildman–Crippen LogP) is 3.68. The number of aromatic amines is 1. The molecule has 8 nitrogen and oxygen atoms in total. The van der Waals surface area contributed by atoms with Gasteiger partial charge in [-0.05, 0) is 61.1 Å². The first kappa shape index (κ1) is 22.4. The third-order valence-electron chi connectivity index (χ3n) is 4.96. The lowest BCUT2D eigenvalue weighted by Gasteiger charge is -2.22. The Balaban J connectivity index is 1.80. The molecule has 0 atom stereocenters. The van der Waals surface area contributed by atoms with Gasteiger partial charge in [0.05, 0.1) is 21.3 Å². The van der Waals surface area contributed by atoms with E-state index < -0.39 is 0 Å². The SMILES string of the molecule is CCN(Cc1ccc(OC)c(OC)c1)C(=O)Cn1c(-c2ccc(OC)cc2)n[nH]c1=S. The van der Waals surface area contributed by atoms with Gasteiger partial charge in [0.2, 0.25) is 5.91 Å². The van der Waals surface area contributed by atoms with E-state index in [1.165, 1.54) is 0 Å². The number of hydrogen-bond donors (Lipinski definition) is 1. The fraction of sp³-hybridized carbons (Fsp3) is 0.318. The van der Waals surface area contributed by atoms with E-state index in [2.05, 4.69) is 10.2 Å². The summed E-state index contributed by atoms with van der Waals surface area (Å²) in [5, 5.41) is 7.10. The van der Waals surface area contributed by atoms with Crippen molar-refractivity contribution in [3.8, 4) is 28.6 Å². The Morgan fingerprint density at radius 1 is 1.06 bits per heavy atom. The number of benzene rings is 2. The molecule has 1 amide bonds. The average Bonchev–Trinajstić information content (AvgIpc) is 3.17. The smallest absolute Gasteiger partial charge is 0.242 e. The Labute approximate surface area is 186 Å². The highest BCUT2D eigenvalue weighted by Crippen LogP contribution is 2.28. The number of likely N-dealkylation sites (N-methyl/N-ethyl adjacent to an activating group) is 1. The summed E-state index contributed by atoms with van der Waals surface area (Å²) in [6.07, 6.45) is 0. The van der Waals surface area contributed by atoms with Crippen LogP contribution in [0.2, 0.25) is 0 Å². The van der Waals surface area contributed by atoms with Gasteiger partial charge < -0.3 is 19.1 Å². The van der Waals surface area contributed by atoms with Crippen LogP contribution in [-0.2, 0) is 17.9 Å². The third-order valence-corrected chi connectivity index (χ3v) is 5.27. The standard InChI is InChI=1S/C22H26N4O4S/c1-5-25(13-15-6-11-18(29-3)19(12-15)30-4)20(27)14-26-21(23-24-22(26)31)16-7-9-17(28-2)10-8-16/h6-12H,5,13-14H2,1-4H3,(H,24,31). The number of nitrogens with one attached hydrogen (secondary N) is 1. The highest BCUT2D eigenvalue weighted by molar-refractivity contribution is 7.71. The van der Waals surface area contributed by atoms with Crippen LogP contribution < -0.4 is 14.2 Å². The van der Waals surface area contributed by atoms with Crippen molar-refractivity contribution in [1.29, 1.82) is 0 Å². The molecule has 0 aliphatic heterocycles. The number of carbonyl (C=O) groups is 1. The van der Waals surface area contributed by atoms with Gasteiger partial charge in [-0.15, -0.1) is 0 Å². The van der Waals surface area contributed by atoms with Gasteiger partial charge in [-0.3, -0.25) is 14.5 Å². The first-order chi connectivity index (χ1) is 15.0. The van der Waals surface area contributed by atoms with Crippen molar-refractivity contribution < 1.29 is 19.0 Å². The predicted molar refractivity (Wildman–Crippen MR) is 120 cm³/mol. The fourth-order valence-electron chi connectivity index (χ4n) is 3.24. The van der Waals surface area contributed by atoms with Crippen LogP contribution in [0.15, 0.2) is 42.5 Å². The highest BCUT2D eigenvalue weighted by atomic mass is 32.1. The molecule has 0 fully saturated rings. The number of amides is 1. The first-order valence-electron chi connectivity index (χ1n) is 9.79. The second-order valence-electron chi connectivity index (χ2n) is 6.76. The lowest BCUT2D eigenvalue weighted by molar-refractivity contribution is -0.132. The molecule has 0 radical (unpaired) electrons. The second kappa shape index (κ2) is 10.1. The summed E-state index contributed by atoms with van der Waals surface area (Å²) in [4.78, 5) is 14.9. The molecule has 3 aromatic rings. The van der Waals surface area contributed by atoms with Gasteiger partial charge in [0.1, 0.15) is 12.3 Å². The average molecular weight is 443 g/mol. The van der Waals surface area contributed by atoms with Gasteiger partial charge in [-0.25, -0.2) is 0 Å². The number of aromatic nitrogens is 3. The van der Waals surface area contributed by atoms with Crippen LogP contribution in [0.3, 0.4) is 0 Å². The molecule has 31 heavy (non-hydrogen) atoms. The minimum atomic E-state index is -0.0652. The Bertz CT molecular complexity index is 1090. The van der Waals surface area contributed by atoms with Crippen LogP contribution in [0.25, 0.3) is 11.4 Å². The van der Waals surface area contributed by atoms with Gasteiger partial charge in [-0.2, -0.15) is 5.10 Å². The molecule has 2 aromatic carbocycles. The number of hydrogen-bond acceptors (Lipinski definition) is 6. The molecule has 9 heteroatoms. The topological polar surface area (TPSA) is 81.6 Å². The minimum Gasteiger partial charge on any atom is -0.497 e. The Morgan fingerprint density at radius 3 is 2.39 bits per heavy atom. The van der Waals surface area contributed by atoms with Gasteiger partial charge in [0, 0.05) is 18.7 Å². The first-order valence-corrected chi connectivity index (χ1v) is 10.2. The normalized spacial score (nSPS) is 10.6. The number of carbonyl (C=O) groups excluding carboxylic acids is 1. The lowest BCUT2D eigenvalue weighted by atomic mass is 10.2. The van der Waals surface area contributed by atoms with Crippen LogP contribution in [0.1, 0.15) is 12.5 Å². The van der Waals surface area contributed by atoms with Crippen molar-refractivity contribution in [3.05, 3.63) is 52.8 Å². The van der Waals surface area contributed by atoms with E-state index in [1.54, 1.807) is 30.8 Å². The Hall–Kier alpha value is -3.33. The molecule has 1 N–H and O–H groups in total. The maximum atomic E-state index is 13.1. The maximum absolute atomic E-state index is 13.1. The summed E-state index contributed by atoms with van der Waals surface area (Å²) < 4.78 is 18.0. The van der Waals surface area contributed by atoms with Crippen molar-refractivity contribution in [1.82, 2.24) is 19.7 Å². The number of nitrogens with zero attached hydrogens (tertiary/aromatic N) is 3. The second-order valence-corrected chi connectivity index (χ2v) is 7.15. The summed E-state index contributed by atoms with van der Waals surface area (Å²) in [7, 11) is 4.79. The van der Waals surface area contributed by atoms with Gasteiger partial charge in [0.15, 0.2) is 22.1 Å². The monoisotopic (exact) mass is 442 g/mol. The van der Waals surface area contributed by atoms with Crippen LogP contribution in [-0.4, -0.2) is 53.4 Å². The van der Waals surface area contributed by atoms with Crippen LogP contribution in [0.5, 0.6) is 17.2 Å². The molecule has 0 aliphatic carbocycles. The molecule has 0 saturated heterocycles. The van der Waals surface area contributed by atoms with Crippen molar-refractivity contribution in [3.63, 3.8) is 0 Å². The van der Waals surface area contributed by atoms with Gasteiger partial charge >= 0.3 is 0 Å². The van der Waals surface area contributed by atoms with E-state index in [4.69, 9.17) is 26.4 Å². The van der Waals surface area contributed by atoms with E-state index in [0.29, 0.717) is 35.2 Å². The lowest BCUT2D eigenvalue weighted by Crippen LogP contribution is -2.33. The molecule has 164 valence electrons. The van der Waals surface area contributed by atoms with Gasteiger partial charge in [0.25, 0.3) is 0 Å². The molecule has 0 aliphatic rings. The highest BCUT2D eigenvalue weighted by Gasteiger charge is 2.18. The van der Waals surface area contributed by atoms with Crippen molar-refractivity contribution >= 4 is 18.1 Å². The van der Waals surface area contributed by atoms with Gasteiger partial charge in [-0.1, -0.05) is 6.07 Å². The molecular formula is C22H26N4O4S. The molecule has 1 aromatic heterocycles. The molecule has 0 unspecified atom stereocenters. The number of H-pyrrole nitrogens is 1. The van der Waals surface area contributed by atoms with Crippen molar-refractivity contribution in [2.75, 3.05) is 27.9 Å². The molecule has 0 saturated carbocycles. The summed E-state index contributed by atoms with van der Waals surface area (Å²) in [5.74, 6) is 2.55. The molecular weight excluding hydrogens is 416 g/mol. The van der Waals surface area contributed by atoms with E-state index in [0.717, 1.165) is 16.9 Å². The third kappa shape index (κ3) is 5.05. The zero-order chi connectivity index (χ0) is 22.4. The Morgan fingerprint density at radius 2 is 1.77 bits per heavy atom. The van der Waals surface area contributed by atoms with Crippen molar-refractivity contribution in [2.45, 2.75) is 20.0 Å². The summed E-state index contributed by atoms with van der Waals surface area (Å²) in [5.41, 5.74) is 1.78. The molecule has 0 spiro atoms. The van der Waals surface area contributed by atoms with Crippen LogP contribution >= 0.6 is 12.2 Å². The van der Waals surface area contributed by atoms with E-state index >= 15 is 0 Å². The summed E-state index contributed by atoms with van der Waals surface area (Å²) in [6, 6.07) is 13.1. The minimum absolute atomic E-state index is 0.0652. The molecule has 3 rings (SSSR count). The zero-order valence-corrected chi connectivity index (χ0v) is 18.9. The molecule has 1 heterocycles. The quantitative estimate of drug-likeness (QED) is 0.509. The van der Waals surface area contributed by atoms with E-state index in [-0.39, 0.29) is 12.5 Å². The maximum Gasteiger partial charge on any atom is 0.242 e. The molecule has 0 bridgehead atoms. The largest absolute Gasteiger partial charge is 0.497 e. The van der Waals surface area contributed by atoms with E-state index in [1.807, 2.05) is 49.4 Å². The zero-order valence-electron chi connectivity index (χ0n) is 18.0. The van der Waals surface area contributed by atoms with Crippen LogP contribution in [0, 0.1) is 4.77 Å². The van der Waals surface area contributed by atoms with Crippen molar-refractivity contribution in [2.24, 2.45) is 0 Å². The Kier molecular flexibility index (Phi) is 7.30. The number of methoxy groups -OCH3 is 3. The number of ether oxygens (including phenoxy) is 3. The van der Waals surface area contributed by atoms with E-state index in [9.17, 15) is 4.79 Å². The summed E-state index contributed by atoms with van der Waals surface area (Å²) >= 11 is 5.37.